The standard InChI is InChI=1S/C30H27NO4/c1-2-33-29-20-22(12-15-28(29)35-17-16-34-25-9-4-3-5-10-25)30(32)31-24-13-14-27-23(19-24)18-21-8-6-7-11-26(21)27/h3-15,19-20H,2,16-18H2,1H3,(H,31,32). The lowest BCUT2D eigenvalue weighted by molar-refractivity contribution is 0.102. The zero-order chi connectivity index (χ0) is 24.0. The van der Waals surface area contributed by atoms with Crippen LogP contribution in [0.15, 0.2) is 91.0 Å². The van der Waals surface area contributed by atoms with Gasteiger partial charge >= 0.3 is 0 Å². The van der Waals surface area contributed by atoms with Gasteiger partial charge in [-0.25, -0.2) is 0 Å². The van der Waals surface area contributed by atoms with E-state index in [2.05, 4.69) is 41.7 Å². The molecule has 35 heavy (non-hydrogen) atoms. The van der Waals surface area contributed by atoms with Crippen LogP contribution >= 0.6 is 0 Å². The first-order valence-corrected chi connectivity index (χ1v) is 11.8. The fourth-order valence-corrected chi connectivity index (χ4v) is 4.29. The van der Waals surface area contributed by atoms with E-state index in [1.807, 2.05) is 43.3 Å². The summed E-state index contributed by atoms with van der Waals surface area (Å²) in [6, 6.07) is 29.3. The number of ether oxygens (including phenoxy) is 3. The average molecular weight is 466 g/mol. The molecule has 1 amide bonds. The first-order chi connectivity index (χ1) is 17.2. The molecule has 1 N–H and O–H groups in total. The second-order valence-corrected chi connectivity index (χ2v) is 8.26. The molecular formula is C30H27NO4. The van der Waals surface area contributed by atoms with Crippen LogP contribution in [0.2, 0.25) is 0 Å². The van der Waals surface area contributed by atoms with Gasteiger partial charge in [0.1, 0.15) is 19.0 Å². The van der Waals surface area contributed by atoms with Gasteiger partial charge in [-0.3, -0.25) is 4.79 Å². The monoisotopic (exact) mass is 465 g/mol. The van der Waals surface area contributed by atoms with E-state index < -0.39 is 0 Å². The Kier molecular flexibility index (Phi) is 6.66. The highest BCUT2D eigenvalue weighted by Gasteiger charge is 2.19. The summed E-state index contributed by atoms with van der Waals surface area (Å²) in [5.74, 6) is 1.71. The van der Waals surface area contributed by atoms with Crippen molar-refractivity contribution in [1.82, 2.24) is 0 Å². The SMILES string of the molecule is CCOc1cc(C(=O)Nc2ccc3c(c2)Cc2ccccc2-3)ccc1OCCOc1ccccc1. The largest absolute Gasteiger partial charge is 0.490 e. The van der Waals surface area contributed by atoms with E-state index in [4.69, 9.17) is 14.2 Å². The van der Waals surface area contributed by atoms with Crippen LogP contribution in [-0.4, -0.2) is 25.7 Å². The molecule has 0 fully saturated rings. The van der Waals surface area contributed by atoms with Crippen molar-refractivity contribution in [3.8, 4) is 28.4 Å². The third kappa shape index (κ3) is 5.14. The maximum atomic E-state index is 13.0. The van der Waals surface area contributed by atoms with E-state index in [0.29, 0.717) is 36.9 Å². The Balaban J connectivity index is 1.23. The van der Waals surface area contributed by atoms with Crippen LogP contribution in [0.5, 0.6) is 17.2 Å². The minimum absolute atomic E-state index is 0.194. The summed E-state index contributed by atoms with van der Waals surface area (Å²) in [7, 11) is 0. The highest BCUT2D eigenvalue weighted by molar-refractivity contribution is 6.05. The fourth-order valence-electron chi connectivity index (χ4n) is 4.29. The van der Waals surface area contributed by atoms with Crippen LogP contribution in [0.4, 0.5) is 5.69 Å². The van der Waals surface area contributed by atoms with E-state index >= 15 is 0 Å². The fraction of sp³-hybridized carbons (Fsp3) is 0.167. The minimum atomic E-state index is -0.194. The lowest BCUT2D eigenvalue weighted by Gasteiger charge is -2.14. The van der Waals surface area contributed by atoms with Crippen LogP contribution in [0, 0.1) is 0 Å². The number of amides is 1. The Morgan fingerprint density at radius 1 is 0.743 bits per heavy atom. The van der Waals surface area contributed by atoms with Crippen molar-refractivity contribution >= 4 is 11.6 Å². The lowest BCUT2D eigenvalue weighted by Crippen LogP contribution is -2.13. The van der Waals surface area contributed by atoms with Crippen LogP contribution in [0.25, 0.3) is 11.1 Å². The first kappa shape index (κ1) is 22.5. The molecule has 176 valence electrons. The van der Waals surface area contributed by atoms with Gasteiger partial charge in [-0.1, -0.05) is 48.5 Å². The summed E-state index contributed by atoms with van der Waals surface area (Å²) in [6.07, 6.45) is 0.879. The van der Waals surface area contributed by atoms with Crippen molar-refractivity contribution in [1.29, 1.82) is 0 Å². The van der Waals surface area contributed by atoms with E-state index in [-0.39, 0.29) is 5.91 Å². The van der Waals surface area contributed by atoms with Gasteiger partial charge in [-0.2, -0.15) is 0 Å². The van der Waals surface area contributed by atoms with E-state index in [1.165, 1.54) is 22.3 Å². The van der Waals surface area contributed by atoms with Crippen molar-refractivity contribution in [3.05, 3.63) is 108 Å². The van der Waals surface area contributed by atoms with Gasteiger partial charge in [0.2, 0.25) is 0 Å². The number of nitrogens with one attached hydrogen (secondary N) is 1. The molecule has 0 saturated heterocycles. The number of para-hydroxylation sites is 1. The predicted octanol–water partition coefficient (Wildman–Crippen LogP) is 6.37. The third-order valence-electron chi connectivity index (χ3n) is 5.91. The molecule has 0 radical (unpaired) electrons. The molecule has 0 aliphatic heterocycles. The summed E-state index contributed by atoms with van der Waals surface area (Å²) < 4.78 is 17.3. The van der Waals surface area contributed by atoms with E-state index in [9.17, 15) is 4.79 Å². The number of fused-ring (bicyclic) bond motifs is 3. The molecule has 0 atom stereocenters. The molecule has 1 aliphatic carbocycles. The summed E-state index contributed by atoms with van der Waals surface area (Å²) >= 11 is 0. The Morgan fingerprint density at radius 3 is 2.37 bits per heavy atom. The van der Waals surface area contributed by atoms with Gasteiger partial charge in [-0.15, -0.1) is 0 Å². The first-order valence-electron chi connectivity index (χ1n) is 11.8. The van der Waals surface area contributed by atoms with Crippen molar-refractivity contribution in [2.75, 3.05) is 25.1 Å². The summed E-state index contributed by atoms with van der Waals surface area (Å²) in [4.78, 5) is 13.0. The third-order valence-corrected chi connectivity index (χ3v) is 5.91. The van der Waals surface area contributed by atoms with Gasteiger partial charge in [0.25, 0.3) is 5.91 Å². The van der Waals surface area contributed by atoms with Crippen LogP contribution in [0.1, 0.15) is 28.4 Å². The molecule has 0 aromatic heterocycles. The zero-order valence-corrected chi connectivity index (χ0v) is 19.6. The van der Waals surface area contributed by atoms with Gasteiger partial charge in [0, 0.05) is 11.3 Å². The topological polar surface area (TPSA) is 56.8 Å². The summed E-state index contributed by atoms with van der Waals surface area (Å²) in [5, 5.41) is 3.02. The number of benzene rings is 4. The lowest BCUT2D eigenvalue weighted by atomic mass is 10.1. The minimum Gasteiger partial charge on any atom is -0.490 e. The normalized spacial score (nSPS) is 11.3. The summed E-state index contributed by atoms with van der Waals surface area (Å²) in [6.45, 7) is 3.13. The second-order valence-electron chi connectivity index (χ2n) is 8.26. The van der Waals surface area contributed by atoms with Crippen molar-refractivity contribution in [2.45, 2.75) is 13.3 Å². The highest BCUT2D eigenvalue weighted by atomic mass is 16.5. The Bertz CT molecular complexity index is 1330. The molecule has 5 nitrogen and oxygen atoms in total. The molecule has 5 rings (SSSR count). The number of rotatable bonds is 9. The van der Waals surface area contributed by atoms with E-state index in [0.717, 1.165) is 17.9 Å². The molecule has 5 heteroatoms. The number of hydrogen-bond acceptors (Lipinski definition) is 4. The maximum absolute atomic E-state index is 13.0. The molecule has 0 saturated carbocycles. The van der Waals surface area contributed by atoms with Crippen LogP contribution < -0.4 is 19.5 Å². The number of carbonyl (C=O) groups is 1. The predicted molar refractivity (Wildman–Crippen MR) is 138 cm³/mol. The van der Waals surface area contributed by atoms with Crippen molar-refractivity contribution < 1.29 is 19.0 Å². The van der Waals surface area contributed by atoms with Crippen LogP contribution in [-0.2, 0) is 6.42 Å². The number of anilines is 1. The van der Waals surface area contributed by atoms with E-state index in [1.54, 1.807) is 18.2 Å². The molecule has 0 bridgehead atoms. The maximum Gasteiger partial charge on any atom is 0.255 e. The summed E-state index contributed by atoms with van der Waals surface area (Å²) in [5.41, 5.74) is 6.32. The Labute approximate surface area is 205 Å². The zero-order valence-electron chi connectivity index (χ0n) is 19.6. The van der Waals surface area contributed by atoms with Crippen LogP contribution in [0.3, 0.4) is 0 Å². The molecule has 0 unspecified atom stereocenters. The molecule has 1 aliphatic rings. The smallest absolute Gasteiger partial charge is 0.255 e. The van der Waals surface area contributed by atoms with Gasteiger partial charge in [-0.05, 0) is 78.1 Å². The molecular weight excluding hydrogens is 438 g/mol. The quantitative estimate of drug-likeness (QED) is 0.257. The molecule has 4 aromatic rings. The van der Waals surface area contributed by atoms with Crippen molar-refractivity contribution in [2.24, 2.45) is 0 Å². The molecule has 0 heterocycles. The van der Waals surface area contributed by atoms with Crippen molar-refractivity contribution in [3.63, 3.8) is 0 Å². The number of carbonyl (C=O) groups excluding carboxylic acids is 1. The molecule has 4 aromatic carbocycles. The Morgan fingerprint density at radius 2 is 1.51 bits per heavy atom. The average Bonchev–Trinajstić information content (AvgIpc) is 3.26. The van der Waals surface area contributed by atoms with Gasteiger partial charge in [0.05, 0.1) is 6.61 Å². The Hall–Kier alpha value is -4.25. The number of hydrogen-bond donors (Lipinski definition) is 1. The second kappa shape index (κ2) is 10.3. The molecule has 0 spiro atoms. The van der Waals surface area contributed by atoms with Gasteiger partial charge in [0.15, 0.2) is 11.5 Å². The van der Waals surface area contributed by atoms with Gasteiger partial charge < -0.3 is 19.5 Å². The highest BCUT2D eigenvalue weighted by Crippen LogP contribution is 2.37.